The molecule has 0 spiro atoms. The van der Waals surface area contributed by atoms with E-state index in [4.69, 9.17) is 0 Å². The highest BCUT2D eigenvalue weighted by Crippen LogP contribution is 2.43. The van der Waals surface area contributed by atoms with Crippen LogP contribution >= 0.6 is 0 Å². The molecule has 0 saturated heterocycles. The summed E-state index contributed by atoms with van der Waals surface area (Å²) in [6, 6.07) is 0. The number of rotatable bonds is 0. The Balaban J connectivity index is 2.37. The first-order chi connectivity index (χ1) is 7.09. The van der Waals surface area contributed by atoms with E-state index in [1.165, 1.54) is 30.4 Å². The van der Waals surface area contributed by atoms with Gasteiger partial charge in [-0.1, -0.05) is 35.8 Å². The molecule has 0 N–H and O–H groups in total. The smallest absolute Gasteiger partial charge is 0.0131 e. The van der Waals surface area contributed by atoms with Crippen LogP contribution in [0, 0.1) is 11.8 Å². The van der Waals surface area contributed by atoms with Crippen LogP contribution in [0.2, 0.25) is 0 Å². The predicted octanol–water partition coefficient (Wildman–Crippen LogP) is 4.65. The first-order valence-corrected chi connectivity index (χ1v) is 6.13. The maximum atomic E-state index is 2.42. The van der Waals surface area contributed by atoms with Gasteiger partial charge in [0.05, 0.1) is 0 Å². The fourth-order valence-corrected chi connectivity index (χ4v) is 2.94. The van der Waals surface area contributed by atoms with Crippen LogP contribution in [0.1, 0.15) is 47.0 Å². The van der Waals surface area contributed by atoms with Gasteiger partial charge in [-0.15, -0.1) is 0 Å². The maximum Gasteiger partial charge on any atom is -0.0131 e. The lowest BCUT2D eigenvalue weighted by Gasteiger charge is -2.18. The van der Waals surface area contributed by atoms with Gasteiger partial charge in [-0.3, -0.25) is 0 Å². The number of allylic oxidation sites excluding steroid dienone is 6. The Morgan fingerprint density at radius 1 is 1.27 bits per heavy atom. The van der Waals surface area contributed by atoms with Crippen molar-refractivity contribution in [1.82, 2.24) is 0 Å². The molecule has 0 unspecified atom stereocenters. The van der Waals surface area contributed by atoms with Crippen LogP contribution in [0.25, 0.3) is 0 Å². The van der Waals surface area contributed by atoms with Crippen molar-refractivity contribution >= 4 is 0 Å². The van der Waals surface area contributed by atoms with E-state index in [2.05, 4.69) is 39.8 Å². The molecule has 0 heteroatoms. The third-order valence-electron chi connectivity index (χ3n) is 4.13. The van der Waals surface area contributed by atoms with Gasteiger partial charge in [0.15, 0.2) is 0 Å². The molecule has 2 atom stereocenters. The molecule has 0 aromatic rings. The molecule has 0 amide bonds. The van der Waals surface area contributed by atoms with E-state index in [1.54, 1.807) is 11.1 Å². The monoisotopic (exact) mass is 202 g/mol. The van der Waals surface area contributed by atoms with E-state index >= 15 is 0 Å². The molecule has 2 aliphatic rings. The molecular weight excluding hydrogens is 180 g/mol. The fraction of sp³-hybridized carbons (Fsp3) is 0.600. The zero-order valence-corrected chi connectivity index (χ0v) is 10.4. The van der Waals surface area contributed by atoms with Crippen LogP contribution in [0.5, 0.6) is 0 Å². The van der Waals surface area contributed by atoms with Crippen LogP contribution in [-0.2, 0) is 0 Å². The zero-order valence-electron chi connectivity index (χ0n) is 10.4. The maximum absolute atomic E-state index is 2.42. The van der Waals surface area contributed by atoms with Crippen LogP contribution in [0.15, 0.2) is 34.4 Å². The highest BCUT2D eigenvalue weighted by molar-refractivity contribution is 5.39. The molecule has 0 aromatic heterocycles. The fourth-order valence-electron chi connectivity index (χ4n) is 2.94. The molecule has 0 aliphatic heterocycles. The number of hydrogen-bond donors (Lipinski definition) is 0. The summed E-state index contributed by atoms with van der Waals surface area (Å²) in [5.74, 6) is 1.70. The SMILES string of the molecule is CC(C)=C1C=CC(C)=C2CC[C@H](C)[C@H]2C1. The van der Waals surface area contributed by atoms with Gasteiger partial charge < -0.3 is 0 Å². The Morgan fingerprint density at radius 3 is 2.67 bits per heavy atom. The molecule has 0 radical (unpaired) electrons. The summed E-state index contributed by atoms with van der Waals surface area (Å²) in [7, 11) is 0. The van der Waals surface area contributed by atoms with E-state index in [1.807, 2.05) is 0 Å². The van der Waals surface area contributed by atoms with Gasteiger partial charge >= 0.3 is 0 Å². The average molecular weight is 202 g/mol. The Labute approximate surface area is 93.8 Å². The molecule has 82 valence electrons. The molecule has 1 saturated carbocycles. The van der Waals surface area contributed by atoms with Gasteiger partial charge in [0.1, 0.15) is 0 Å². The molecular formula is C15H22. The minimum Gasteiger partial charge on any atom is -0.0732 e. The van der Waals surface area contributed by atoms with E-state index in [9.17, 15) is 0 Å². The Kier molecular flexibility index (Phi) is 2.86. The van der Waals surface area contributed by atoms with E-state index < -0.39 is 0 Å². The van der Waals surface area contributed by atoms with Crippen molar-refractivity contribution in [3.63, 3.8) is 0 Å². The third-order valence-corrected chi connectivity index (χ3v) is 4.13. The van der Waals surface area contributed by atoms with Gasteiger partial charge in [0, 0.05) is 0 Å². The minimum atomic E-state index is 0.824. The molecule has 2 aliphatic carbocycles. The van der Waals surface area contributed by atoms with E-state index in [0.29, 0.717) is 0 Å². The summed E-state index contributed by atoms with van der Waals surface area (Å²) < 4.78 is 0. The topological polar surface area (TPSA) is 0 Å². The minimum absolute atomic E-state index is 0.824. The number of fused-ring (bicyclic) bond motifs is 1. The van der Waals surface area contributed by atoms with Gasteiger partial charge in [0.2, 0.25) is 0 Å². The highest BCUT2D eigenvalue weighted by atomic mass is 14.3. The van der Waals surface area contributed by atoms with Gasteiger partial charge in [0.25, 0.3) is 0 Å². The lowest BCUT2D eigenvalue weighted by molar-refractivity contribution is 0.457. The number of hydrogen-bond acceptors (Lipinski definition) is 0. The average Bonchev–Trinajstić information content (AvgIpc) is 2.43. The van der Waals surface area contributed by atoms with Crippen molar-refractivity contribution in [2.24, 2.45) is 11.8 Å². The largest absolute Gasteiger partial charge is 0.0732 e. The third kappa shape index (κ3) is 1.95. The summed E-state index contributed by atoms with van der Waals surface area (Å²) >= 11 is 0. The molecule has 15 heavy (non-hydrogen) atoms. The van der Waals surface area contributed by atoms with Crippen LogP contribution in [0.3, 0.4) is 0 Å². The van der Waals surface area contributed by atoms with Crippen molar-refractivity contribution < 1.29 is 0 Å². The van der Waals surface area contributed by atoms with Crippen LogP contribution in [0.4, 0.5) is 0 Å². The van der Waals surface area contributed by atoms with Gasteiger partial charge in [-0.05, 0) is 57.4 Å². The quantitative estimate of drug-likeness (QED) is 0.536. The standard InChI is InChI=1S/C15H22/c1-10(2)13-7-5-11(3)14-8-6-12(4)15(14)9-13/h5,7,12,15H,6,8-9H2,1-4H3/t12-,15+/m0/s1. The predicted molar refractivity (Wildman–Crippen MR) is 66.7 cm³/mol. The normalized spacial score (nSPS) is 30.5. The second-order valence-corrected chi connectivity index (χ2v) is 5.39. The van der Waals surface area contributed by atoms with Crippen molar-refractivity contribution in [3.8, 4) is 0 Å². The second-order valence-electron chi connectivity index (χ2n) is 5.39. The van der Waals surface area contributed by atoms with Crippen LogP contribution < -0.4 is 0 Å². The summed E-state index contributed by atoms with van der Waals surface area (Å²) in [5.41, 5.74) is 6.30. The van der Waals surface area contributed by atoms with E-state index in [0.717, 1.165) is 11.8 Å². The summed E-state index contributed by atoms with van der Waals surface area (Å²) in [4.78, 5) is 0. The second kappa shape index (κ2) is 4.00. The molecule has 0 heterocycles. The molecule has 2 rings (SSSR count). The first-order valence-electron chi connectivity index (χ1n) is 6.13. The summed E-state index contributed by atoms with van der Waals surface area (Å²) in [6.45, 7) is 9.17. The molecule has 0 bridgehead atoms. The Bertz CT molecular complexity index is 348. The Hall–Kier alpha value is -0.780. The van der Waals surface area contributed by atoms with Gasteiger partial charge in [-0.2, -0.15) is 0 Å². The lowest BCUT2D eigenvalue weighted by atomic mass is 9.87. The van der Waals surface area contributed by atoms with Crippen LogP contribution in [-0.4, -0.2) is 0 Å². The van der Waals surface area contributed by atoms with Crippen molar-refractivity contribution in [2.75, 3.05) is 0 Å². The van der Waals surface area contributed by atoms with Crippen molar-refractivity contribution in [3.05, 3.63) is 34.4 Å². The molecule has 1 fully saturated rings. The van der Waals surface area contributed by atoms with E-state index in [-0.39, 0.29) is 0 Å². The zero-order chi connectivity index (χ0) is 11.0. The molecule has 0 aromatic carbocycles. The van der Waals surface area contributed by atoms with Crippen molar-refractivity contribution in [1.29, 1.82) is 0 Å². The van der Waals surface area contributed by atoms with Crippen molar-refractivity contribution in [2.45, 2.75) is 47.0 Å². The molecule has 0 nitrogen and oxygen atoms in total. The first kappa shape index (κ1) is 10.7. The lowest BCUT2D eigenvalue weighted by Crippen LogP contribution is -2.07. The Morgan fingerprint density at radius 2 is 2.00 bits per heavy atom. The van der Waals surface area contributed by atoms with Gasteiger partial charge in [-0.25, -0.2) is 0 Å². The summed E-state index contributed by atoms with van der Waals surface area (Å²) in [5, 5.41) is 0. The highest BCUT2D eigenvalue weighted by Gasteiger charge is 2.30. The summed E-state index contributed by atoms with van der Waals surface area (Å²) in [6.07, 6.45) is 8.66.